The zero-order valence-corrected chi connectivity index (χ0v) is 8.11. The van der Waals surface area contributed by atoms with Gasteiger partial charge in [0.15, 0.2) is 0 Å². The van der Waals surface area contributed by atoms with Crippen LogP contribution in [-0.4, -0.2) is 30.6 Å². The summed E-state index contributed by atoms with van der Waals surface area (Å²) in [6.07, 6.45) is 0. The summed E-state index contributed by atoms with van der Waals surface area (Å²) in [6.45, 7) is 7.63. The van der Waals surface area contributed by atoms with E-state index in [0.717, 1.165) is 11.6 Å². The molecule has 0 radical (unpaired) electrons. The molecule has 0 aromatic rings. The van der Waals surface area contributed by atoms with Crippen LogP contribution in [0.2, 0.25) is 0 Å². The van der Waals surface area contributed by atoms with Crippen LogP contribution in [0.25, 0.3) is 0 Å². The molecule has 0 atom stereocenters. The van der Waals surface area contributed by atoms with Crippen LogP contribution in [0.4, 0.5) is 0 Å². The summed E-state index contributed by atoms with van der Waals surface area (Å²) < 4.78 is 0. The number of nitrogens with zero attached hydrogens (tertiary/aromatic N) is 2. The fourth-order valence-electron chi connectivity index (χ4n) is 0.484. The molecule has 0 amide bonds. The molecule has 0 unspecified atom stereocenters. The first kappa shape index (κ1) is 10.5. The van der Waals surface area contributed by atoms with Gasteiger partial charge in [-0.2, -0.15) is 16.9 Å². The second-order valence-electron chi connectivity index (χ2n) is 2.30. The lowest BCUT2D eigenvalue weighted by Crippen LogP contribution is -2.20. The molecule has 0 heterocycles. The van der Waals surface area contributed by atoms with Crippen molar-refractivity contribution in [2.24, 2.45) is 10.1 Å². The Morgan fingerprint density at radius 2 is 2.27 bits per heavy atom. The molecule has 64 valence electrons. The van der Waals surface area contributed by atoms with Crippen LogP contribution < -0.4 is 5.43 Å². The molecule has 0 saturated heterocycles. The monoisotopic (exact) mass is 173 g/mol. The molecule has 0 aliphatic carbocycles. The molecule has 3 nitrogen and oxygen atoms in total. The zero-order valence-electron chi connectivity index (χ0n) is 7.29. The van der Waals surface area contributed by atoms with Crippen LogP contribution in [0.5, 0.6) is 0 Å². The Hall–Kier alpha value is -0.510. The highest BCUT2D eigenvalue weighted by atomic mass is 32.2. The van der Waals surface area contributed by atoms with Gasteiger partial charge >= 0.3 is 0 Å². The summed E-state index contributed by atoms with van der Waals surface area (Å²) in [5.41, 5.74) is 2.73. The molecule has 0 aliphatic rings. The van der Waals surface area contributed by atoms with Gasteiger partial charge in [0.2, 0.25) is 0 Å². The Bertz CT molecular complexity index is 143. The van der Waals surface area contributed by atoms with Crippen molar-refractivity contribution in [1.82, 2.24) is 5.43 Å². The SMILES string of the molecule is C=NNC(CSC(C)C)=NC. The lowest BCUT2D eigenvalue weighted by atomic mass is 10.6. The van der Waals surface area contributed by atoms with Gasteiger partial charge in [0, 0.05) is 13.8 Å². The number of hydrogen-bond donors (Lipinski definition) is 1. The maximum Gasteiger partial charge on any atom is 0.126 e. The molecular weight excluding hydrogens is 158 g/mol. The first-order valence-electron chi connectivity index (χ1n) is 3.49. The van der Waals surface area contributed by atoms with Crippen LogP contribution in [0.1, 0.15) is 13.8 Å². The highest BCUT2D eigenvalue weighted by Gasteiger charge is 1.98. The third kappa shape index (κ3) is 5.91. The summed E-state index contributed by atoms with van der Waals surface area (Å²) >= 11 is 1.82. The molecule has 0 aromatic heterocycles. The Kier molecular flexibility index (Phi) is 5.93. The number of amidine groups is 1. The van der Waals surface area contributed by atoms with Gasteiger partial charge in [-0.25, -0.2) is 0 Å². The summed E-state index contributed by atoms with van der Waals surface area (Å²) in [5.74, 6) is 1.74. The average Bonchev–Trinajstić information content (AvgIpc) is 1.97. The fourth-order valence-corrected chi connectivity index (χ4v) is 1.17. The van der Waals surface area contributed by atoms with Gasteiger partial charge < -0.3 is 0 Å². The molecule has 0 rings (SSSR count). The molecule has 0 fully saturated rings. The summed E-state index contributed by atoms with van der Waals surface area (Å²) in [4.78, 5) is 4.00. The Balaban J connectivity index is 3.62. The fraction of sp³-hybridized carbons (Fsp3) is 0.714. The molecule has 0 saturated carbocycles. The van der Waals surface area contributed by atoms with Crippen molar-refractivity contribution in [2.75, 3.05) is 12.8 Å². The number of nitrogens with one attached hydrogen (secondary N) is 1. The lowest BCUT2D eigenvalue weighted by Gasteiger charge is -2.05. The van der Waals surface area contributed by atoms with Crippen molar-refractivity contribution in [1.29, 1.82) is 0 Å². The number of rotatable bonds is 4. The Morgan fingerprint density at radius 3 is 2.64 bits per heavy atom. The Morgan fingerprint density at radius 1 is 1.64 bits per heavy atom. The minimum Gasteiger partial charge on any atom is -0.274 e. The van der Waals surface area contributed by atoms with Gasteiger partial charge in [-0.15, -0.1) is 0 Å². The van der Waals surface area contributed by atoms with Gasteiger partial charge in [-0.3, -0.25) is 10.4 Å². The Labute approximate surface area is 72.4 Å². The third-order valence-electron chi connectivity index (χ3n) is 1.03. The molecule has 1 N–H and O–H groups in total. The first-order valence-corrected chi connectivity index (χ1v) is 4.54. The van der Waals surface area contributed by atoms with Crippen LogP contribution in [0.3, 0.4) is 0 Å². The van der Waals surface area contributed by atoms with Crippen LogP contribution in [-0.2, 0) is 0 Å². The zero-order chi connectivity index (χ0) is 8.69. The maximum absolute atomic E-state index is 4.00. The molecule has 11 heavy (non-hydrogen) atoms. The van der Waals surface area contributed by atoms with Crippen molar-refractivity contribution < 1.29 is 0 Å². The van der Waals surface area contributed by atoms with Gasteiger partial charge in [0.05, 0.1) is 5.75 Å². The van der Waals surface area contributed by atoms with Gasteiger partial charge in [-0.1, -0.05) is 13.8 Å². The summed E-state index contributed by atoms with van der Waals surface area (Å²) in [5, 5.41) is 4.16. The third-order valence-corrected chi connectivity index (χ3v) is 2.14. The van der Waals surface area contributed by atoms with E-state index in [2.05, 4.69) is 36.1 Å². The molecule has 0 spiro atoms. The minimum atomic E-state index is 0.623. The van der Waals surface area contributed by atoms with Crippen molar-refractivity contribution in [3.63, 3.8) is 0 Å². The topological polar surface area (TPSA) is 36.8 Å². The van der Waals surface area contributed by atoms with E-state index in [1.54, 1.807) is 7.05 Å². The molecule has 0 aromatic carbocycles. The normalized spacial score (nSPS) is 11.8. The highest BCUT2D eigenvalue weighted by molar-refractivity contribution is 8.00. The van der Waals surface area contributed by atoms with Crippen molar-refractivity contribution in [3.8, 4) is 0 Å². The van der Waals surface area contributed by atoms with E-state index >= 15 is 0 Å². The molecule has 0 aliphatic heterocycles. The molecule has 4 heteroatoms. The van der Waals surface area contributed by atoms with Gasteiger partial charge in [0.1, 0.15) is 5.84 Å². The second kappa shape index (κ2) is 6.22. The number of thioether (sulfide) groups is 1. The van der Waals surface area contributed by atoms with Gasteiger partial charge in [0.25, 0.3) is 0 Å². The van der Waals surface area contributed by atoms with Crippen molar-refractivity contribution in [2.45, 2.75) is 19.1 Å². The second-order valence-corrected chi connectivity index (χ2v) is 3.86. The van der Waals surface area contributed by atoms with E-state index in [1.165, 1.54) is 0 Å². The predicted molar refractivity (Wildman–Crippen MR) is 53.6 cm³/mol. The van der Waals surface area contributed by atoms with Crippen LogP contribution in [0.15, 0.2) is 10.1 Å². The summed E-state index contributed by atoms with van der Waals surface area (Å²) in [7, 11) is 1.74. The molecule has 0 bridgehead atoms. The number of hydrazone groups is 1. The van der Waals surface area contributed by atoms with Gasteiger partial charge in [-0.05, 0) is 5.25 Å². The predicted octanol–water partition coefficient (Wildman–Crippen LogP) is 1.36. The van der Waals surface area contributed by atoms with E-state index < -0.39 is 0 Å². The van der Waals surface area contributed by atoms with E-state index in [-0.39, 0.29) is 0 Å². The van der Waals surface area contributed by atoms with Crippen molar-refractivity contribution in [3.05, 3.63) is 0 Å². The summed E-state index contributed by atoms with van der Waals surface area (Å²) in [6, 6.07) is 0. The lowest BCUT2D eigenvalue weighted by molar-refractivity contribution is 1.02. The van der Waals surface area contributed by atoms with E-state index in [1.807, 2.05) is 11.8 Å². The average molecular weight is 173 g/mol. The van der Waals surface area contributed by atoms with E-state index in [0.29, 0.717) is 5.25 Å². The van der Waals surface area contributed by atoms with E-state index in [4.69, 9.17) is 0 Å². The largest absolute Gasteiger partial charge is 0.274 e. The van der Waals surface area contributed by atoms with Crippen LogP contribution in [0, 0.1) is 0 Å². The first-order chi connectivity index (χ1) is 5.20. The number of hydrogen-bond acceptors (Lipinski definition) is 3. The highest BCUT2D eigenvalue weighted by Crippen LogP contribution is 2.07. The minimum absolute atomic E-state index is 0.623. The smallest absolute Gasteiger partial charge is 0.126 e. The maximum atomic E-state index is 4.00. The molecular formula is C7H15N3S. The van der Waals surface area contributed by atoms with E-state index in [9.17, 15) is 0 Å². The standard InChI is InChI=1S/C7H15N3S/c1-6(2)11-5-7(8-3)10-9-4/h6H,4-5H2,1-3H3,(H,8,10). The number of aliphatic imine (C=N–C) groups is 1. The quantitative estimate of drug-likeness (QED) is 0.396. The van der Waals surface area contributed by atoms with Crippen LogP contribution >= 0.6 is 11.8 Å². The van der Waals surface area contributed by atoms with Crippen molar-refractivity contribution >= 4 is 24.3 Å².